The highest BCUT2D eigenvalue weighted by Crippen LogP contribution is 2.18. The van der Waals surface area contributed by atoms with Crippen LogP contribution in [0.25, 0.3) is 0 Å². The van der Waals surface area contributed by atoms with Gasteiger partial charge in [0.15, 0.2) is 17.4 Å². The fourth-order valence-electron chi connectivity index (χ4n) is 1.80. The van der Waals surface area contributed by atoms with Crippen molar-refractivity contribution in [2.45, 2.75) is 25.4 Å². The van der Waals surface area contributed by atoms with Gasteiger partial charge in [0.25, 0.3) is 0 Å². The molecule has 0 amide bonds. The quantitative estimate of drug-likeness (QED) is 0.741. The van der Waals surface area contributed by atoms with Crippen LogP contribution < -0.4 is 0 Å². The van der Waals surface area contributed by atoms with Crippen LogP contribution in [0.4, 0.5) is 8.78 Å². The second kappa shape index (κ2) is 4.70. The summed E-state index contributed by atoms with van der Waals surface area (Å²) in [6, 6.07) is 3.21. The van der Waals surface area contributed by atoms with Gasteiger partial charge in [0, 0.05) is 18.6 Å². The highest BCUT2D eigenvalue weighted by atomic mass is 19.2. The van der Waals surface area contributed by atoms with Gasteiger partial charge < -0.3 is 4.74 Å². The molecule has 1 aliphatic heterocycles. The normalized spacial score (nSPS) is 20.0. The largest absolute Gasteiger partial charge is 0.378 e. The van der Waals surface area contributed by atoms with Crippen LogP contribution in [-0.4, -0.2) is 18.5 Å². The zero-order chi connectivity index (χ0) is 11.5. The maximum Gasteiger partial charge on any atom is 0.165 e. The van der Waals surface area contributed by atoms with E-state index in [2.05, 4.69) is 0 Å². The van der Waals surface area contributed by atoms with Crippen LogP contribution in [0, 0.1) is 11.6 Å². The molecule has 1 aromatic carbocycles. The molecule has 1 aromatic rings. The number of ketones is 1. The molecule has 86 valence electrons. The first-order valence-electron chi connectivity index (χ1n) is 5.26. The van der Waals surface area contributed by atoms with Gasteiger partial charge in [0.05, 0.1) is 6.10 Å². The number of carbonyl (C=O) groups excluding carboxylic acids is 1. The fraction of sp³-hybridized carbons (Fsp3) is 0.417. The summed E-state index contributed by atoms with van der Waals surface area (Å²) in [5, 5.41) is 0. The molecule has 0 radical (unpaired) electrons. The Bertz CT molecular complexity index is 398. The Labute approximate surface area is 92.2 Å². The minimum atomic E-state index is -0.988. The molecule has 0 spiro atoms. The third-order valence-electron chi connectivity index (χ3n) is 2.68. The predicted molar refractivity (Wildman–Crippen MR) is 54.3 cm³/mol. The van der Waals surface area contributed by atoms with Crippen molar-refractivity contribution in [2.75, 3.05) is 6.61 Å². The molecular weight excluding hydrogens is 214 g/mol. The molecular formula is C12H12F2O2. The van der Waals surface area contributed by atoms with E-state index >= 15 is 0 Å². The summed E-state index contributed by atoms with van der Waals surface area (Å²) in [4.78, 5) is 11.7. The standard InChI is InChI=1S/C12H12F2O2/c13-10-4-3-8(6-11(10)14)12(15)7-9-2-1-5-16-9/h3-4,6,9H,1-2,5,7H2. The maximum atomic E-state index is 12.9. The van der Waals surface area contributed by atoms with Crippen molar-refractivity contribution < 1.29 is 18.3 Å². The molecule has 2 rings (SSSR count). The lowest BCUT2D eigenvalue weighted by molar-refractivity contribution is 0.0775. The van der Waals surface area contributed by atoms with Gasteiger partial charge in [-0.2, -0.15) is 0 Å². The lowest BCUT2D eigenvalue weighted by atomic mass is 10.0. The Morgan fingerprint density at radius 1 is 1.38 bits per heavy atom. The summed E-state index contributed by atoms with van der Waals surface area (Å²) >= 11 is 0. The van der Waals surface area contributed by atoms with Gasteiger partial charge in [-0.1, -0.05) is 0 Å². The highest BCUT2D eigenvalue weighted by molar-refractivity contribution is 5.96. The Morgan fingerprint density at radius 2 is 2.19 bits per heavy atom. The average Bonchev–Trinajstić information content (AvgIpc) is 2.74. The van der Waals surface area contributed by atoms with E-state index in [9.17, 15) is 13.6 Å². The van der Waals surface area contributed by atoms with Crippen molar-refractivity contribution in [3.63, 3.8) is 0 Å². The maximum absolute atomic E-state index is 12.9. The van der Waals surface area contributed by atoms with E-state index in [0.29, 0.717) is 6.61 Å². The van der Waals surface area contributed by atoms with Crippen molar-refractivity contribution in [1.82, 2.24) is 0 Å². The average molecular weight is 226 g/mol. The molecule has 4 heteroatoms. The molecule has 0 aliphatic carbocycles. The Balaban J connectivity index is 2.05. The van der Waals surface area contributed by atoms with Gasteiger partial charge in [-0.25, -0.2) is 8.78 Å². The molecule has 1 heterocycles. The molecule has 0 bridgehead atoms. The Hall–Kier alpha value is -1.29. The highest BCUT2D eigenvalue weighted by Gasteiger charge is 2.20. The van der Waals surface area contributed by atoms with Crippen molar-refractivity contribution >= 4 is 5.78 Å². The van der Waals surface area contributed by atoms with E-state index in [-0.39, 0.29) is 23.9 Å². The zero-order valence-corrected chi connectivity index (χ0v) is 8.71. The number of hydrogen-bond acceptors (Lipinski definition) is 2. The fourth-order valence-corrected chi connectivity index (χ4v) is 1.80. The first kappa shape index (κ1) is 11.2. The summed E-state index contributed by atoms with van der Waals surface area (Å²) in [6.07, 6.45) is 1.98. The Kier molecular flexibility index (Phi) is 3.29. The van der Waals surface area contributed by atoms with Crippen LogP contribution in [0.15, 0.2) is 18.2 Å². The van der Waals surface area contributed by atoms with E-state index < -0.39 is 11.6 Å². The van der Waals surface area contributed by atoms with E-state index in [1.165, 1.54) is 6.07 Å². The molecule has 0 saturated carbocycles. The number of Topliss-reactive ketones (excluding diaryl/α,β-unsaturated/α-hetero) is 1. The van der Waals surface area contributed by atoms with Crippen LogP contribution in [0.1, 0.15) is 29.6 Å². The van der Waals surface area contributed by atoms with E-state index in [1.54, 1.807) is 0 Å². The minimum Gasteiger partial charge on any atom is -0.378 e. The number of ether oxygens (including phenoxy) is 1. The number of hydrogen-bond donors (Lipinski definition) is 0. The SMILES string of the molecule is O=C(CC1CCCO1)c1ccc(F)c(F)c1. The number of rotatable bonds is 3. The second-order valence-corrected chi connectivity index (χ2v) is 3.89. The zero-order valence-electron chi connectivity index (χ0n) is 8.71. The topological polar surface area (TPSA) is 26.3 Å². The van der Waals surface area contributed by atoms with Crippen LogP contribution in [0.3, 0.4) is 0 Å². The lowest BCUT2D eigenvalue weighted by Gasteiger charge is -2.08. The minimum absolute atomic E-state index is 0.0689. The molecule has 1 unspecified atom stereocenters. The van der Waals surface area contributed by atoms with Gasteiger partial charge >= 0.3 is 0 Å². The van der Waals surface area contributed by atoms with Crippen LogP contribution >= 0.6 is 0 Å². The first-order chi connectivity index (χ1) is 7.66. The molecule has 2 nitrogen and oxygen atoms in total. The summed E-state index contributed by atoms with van der Waals surface area (Å²) in [5.74, 6) is -2.13. The number of halogens is 2. The number of carbonyl (C=O) groups is 1. The monoisotopic (exact) mass is 226 g/mol. The van der Waals surface area contributed by atoms with Crippen molar-refractivity contribution in [3.05, 3.63) is 35.4 Å². The summed E-state index contributed by atoms with van der Waals surface area (Å²) < 4.78 is 30.9. The molecule has 1 aliphatic rings. The van der Waals surface area contributed by atoms with Gasteiger partial charge in [0.2, 0.25) is 0 Å². The summed E-state index contributed by atoms with van der Waals surface area (Å²) in [7, 11) is 0. The second-order valence-electron chi connectivity index (χ2n) is 3.89. The molecule has 0 aromatic heterocycles. The Morgan fingerprint density at radius 3 is 2.81 bits per heavy atom. The first-order valence-corrected chi connectivity index (χ1v) is 5.26. The lowest BCUT2D eigenvalue weighted by Crippen LogP contribution is -2.12. The third kappa shape index (κ3) is 2.44. The number of benzene rings is 1. The van der Waals surface area contributed by atoms with E-state index in [4.69, 9.17) is 4.74 Å². The third-order valence-corrected chi connectivity index (χ3v) is 2.68. The molecule has 1 fully saturated rings. The molecule has 16 heavy (non-hydrogen) atoms. The molecule has 1 saturated heterocycles. The van der Waals surface area contributed by atoms with E-state index in [0.717, 1.165) is 25.0 Å². The van der Waals surface area contributed by atoms with Gasteiger partial charge in [-0.3, -0.25) is 4.79 Å². The van der Waals surface area contributed by atoms with Gasteiger partial charge in [-0.05, 0) is 31.0 Å². The summed E-state index contributed by atoms with van der Waals surface area (Å²) in [5.41, 5.74) is 0.203. The van der Waals surface area contributed by atoms with Crippen LogP contribution in [0.2, 0.25) is 0 Å². The van der Waals surface area contributed by atoms with Crippen molar-refractivity contribution in [3.8, 4) is 0 Å². The van der Waals surface area contributed by atoms with Crippen LogP contribution in [0.5, 0.6) is 0 Å². The van der Waals surface area contributed by atoms with Crippen LogP contribution in [-0.2, 0) is 4.74 Å². The summed E-state index contributed by atoms with van der Waals surface area (Å²) in [6.45, 7) is 0.676. The predicted octanol–water partition coefficient (Wildman–Crippen LogP) is 2.72. The van der Waals surface area contributed by atoms with Gasteiger partial charge in [-0.15, -0.1) is 0 Å². The van der Waals surface area contributed by atoms with Gasteiger partial charge in [0.1, 0.15) is 0 Å². The molecule has 0 N–H and O–H groups in total. The van der Waals surface area contributed by atoms with Crippen molar-refractivity contribution in [2.24, 2.45) is 0 Å². The molecule has 1 atom stereocenters. The smallest absolute Gasteiger partial charge is 0.165 e. The van der Waals surface area contributed by atoms with Crippen molar-refractivity contribution in [1.29, 1.82) is 0 Å². The van der Waals surface area contributed by atoms with E-state index in [1.807, 2.05) is 0 Å².